The van der Waals surface area contributed by atoms with E-state index in [9.17, 15) is 4.79 Å². The van der Waals surface area contributed by atoms with Gasteiger partial charge in [0.05, 0.1) is 19.3 Å². The molecule has 0 aliphatic carbocycles. The number of likely N-dealkylation sites (tertiary alicyclic amines) is 1. The number of rotatable bonds is 11. The Kier molecular flexibility index (Phi) is 9.65. The van der Waals surface area contributed by atoms with Crippen molar-refractivity contribution < 1.29 is 14.3 Å². The van der Waals surface area contributed by atoms with E-state index in [1.807, 2.05) is 53.4 Å². The minimum atomic E-state index is -0.197. The van der Waals surface area contributed by atoms with Crippen molar-refractivity contribution in [3.05, 3.63) is 83.9 Å². The third-order valence-corrected chi connectivity index (χ3v) is 5.75. The Bertz CT molecular complexity index is 791. The largest absolute Gasteiger partial charge is 0.445 e. The summed E-state index contributed by atoms with van der Waals surface area (Å²) in [5, 5.41) is 0. The lowest BCUT2D eigenvalue weighted by Crippen LogP contribution is -2.40. The average Bonchev–Trinajstić information content (AvgIpc) is 3.22. The molecule has 2 atom stereocenters. The average molecular weight is 422 g/mol. The Balaban J connectivity index is 1.49. The number of nitrogens with zero attached hydrogens (tertiary/aromatic N) is 1. The van der Waals surface area contributed by atoms with Crippen molar-refractivity contribution in [2.45, 2.75) is 70.7 Å². The first-order valence-corrected chi connectivity index (χ1v) is 11.5. The molecule has 4 nitrogen and oxygen atoms in total. The first-order chi connectivity index (χ1) is 15.3. The van der Waals surface area contributed by atoms with Crippen LogP contribution in [0.4, 0.5) is 4.79 Å². The molecule has 166 valence electrons. The van der Waals surface area contributed by atoms with Crippen LogP contribution in [0, 0.1) is 0 Å². The van der Waals surface area contributed by atoms with Crippen molar-refractivity contribution in [2.75, 3.05) is 6.61 Å². The molecule has 1 aliphatic rings. The van der Waals surface area contributed by atoms with E-state index in [1.54, 1.807) is 0 Å². The van der Waals surface area contributed by atoms with Gasteiger partial charge in [-0.25, -0.2) is 4.79 Å². The molecule has 0 N–H and O–H groups in total. The molecule has 1 heterocycles. The van der Waals surface area contributed by atoms with Gasteiger partial charge in [-0.1, -0.05) is 92.6 Å². The number of carbonyl (C=O) groups is 1. The van der Waals surface area contributed by atoms with E-state index in [1.165, 1.54) is 5.56 Å². The normalized spacial score (nSPS) is 18.5. The second-order valence-electron chi connectivity index (χ2n) is 8.14. The zero-order valence-corrected chi connectivity index (χ0v) is 18.6. The summed E-state index contributed by atoms with van der Waals surface area (Å²) in [6.45, 7) is 3.82. The zero-order chi connectivity index (χ0) is 21.7. The van der Waals surface area contributed by atoms with Crippen molar-refractivity contribution in [1.82, 2.24) is 4.90 Å². The van der Waals surface area contributed by atoms with E-state index in [0.29, 0.717) is 19.8 Å². The predicted molar refractivity (Wildman–Crippen MR) is 125 cm³/mol. The smallest absolute Gasteiger partial charge is 0.410 e. The summed E-state index contributed by atoms with van der Waals surface area (Å²) in [5.41, 5.74) is 2.20. The lowest BCUT2D eigenvalue weighted by atomic mass is 10.1. The summed E-state index contributed by atoms with van der Waals surface area (Å²) in [7, 11) is 0. The van der Waals surface area contributed by atoms with Crippen LogP contribution in [0.25, 0.3) is 0 Å². The van der Waals surface area contributed by atoms with E-state index in [2.05, 4.69) is 31.2 Å². The Morgan fingerprint density at radius 1 is 1.00 bits per heavy atom. The van der Waals surface area contributed by atoms with Gasteiger partial charge in [-0.3, -0.25) is 4.90 Å². The van der Waals surface area contributed by atoms with Crippen LogP contribution in [0.3, 0.4) is 0 Å². The van der Waals surface area contributed by atoms with Crippen molar-refractivity contribution in [3.63, 3.8) is 0 Å². The van der Waals surface area contributed by atoms with Crippen LogP contribution >= 0.6 is 0 Å². The fourth-order valence-corrected chi connectivity index (χ4v) is 4.07. The SMILES string of the molecule is CCCC[C@H]1CC[C@H](/C=C/CCOCc2ccccc2)N1C(=O)OCc1ccccc1. The molecular formula is C27H35NO3. The van der Waals surface area contributed by atoms with Gasteiger partial charge in [-0.05, 0) is 36.8 Å². The molecule has 0 spiro atoms. The maximum atomic E-state index is 12.9. The quantitative estimate of drug-likeness (QED) is 0.307. The monoisotopic (exact) mass is 421 g/mol. The molecule has 1 aliphatic heterocycles. The molecule has 0 aromatic heterocycles. The van der Waals surface area contributed by atoms with E-state index >= 15 is 0 Å². The molecule has 1 saturated heterocycles. The lowest BCUT2D eigenvalue weighted by molar-refractivity contribution is 0.0824. The van der Waals surface area contributed by atoms with Gasteiger partial charge < -0.3 is 9.47 Å². The van der Waals surface area contributed by atoms with E-state index < -0.39 is 0 Å². The molecule has 0 bridgehead atoms. The molecule has 4 heteroatoms. The number of ether oxygens (including phenoxy) is 2. The topological polar surface area (TPSA) is 38.8 Å². The molecule has 0 saturated carbocycles. The fourth-order valence-electron chi connectivity index (χ4n) is 4.07. The summed E-state index contributed by atoms with van der Waals surface area (Å²) in [4.78, 5) is 14.9. The molecule has 2 aromatic carbocycles. The molecular weight excluding hydrogens is 386 g/mol. The van der Waals surface area contributed by atoms with Crippen LogP contribution in [-0.2, 0) is 22.7 Å². The van der Waals surface area contributed by atoms with Crippen molar-refractivity contribution in [1.29, 1.82) is 0 Å². The summed E-state index contributed by atoms with van der Waals surface area (Å²) >= 11 is 0. The highest BCUT2D eigenvalue weighted by molar-refractivity contribution is 5.69. The molecule has 0 unspecified atom stereocenters. The van der Waals surface area contributed by atoms with Crippen LogP contribution in [-0.4, -0.2) is 29.7 Å². The van der Waals surface area contributed by atoms with Gasteiger partial charge >= 0.3 is 6.09 Å². The Labute approximate surface area is 186 Å². The Hall–Kier alpha value is -2.59. The maximum absolute atomic E-state index is 12.9. The molecule has 3 rings (SSSR count). The fraction of sp³-hybridized carbons (Fsp3) is 0.444. The van der Waals surface area contributed by atoms with Crippen molar-refractivity contribution >= 4 is 6.09 Å². The van der Waals surface area contributed by atoms with Gasteiger partial charge in [0.1, 0.15) is 6.61 Å². The molecule has 2 aromatic rings. The zero-order valence-electron chi connectivity index (χ0n) is 18.6. The Morgan fingerprint density at radius 2 is 1.68 bits per heavy atom. The van der Waals surface area contributed by atoms with E-state index in [0.717, 1.165) is 44.1 Å². The maximum Gasteiger partial charge on any atom is 0.410 e. The van der Waals surface area contributed by atoms with Gasteiger partial charge in [0, 0.05) is 6.04 Å². The summed E-state index contributed by atoms with van der Waals surface area (Å²) in [5.74, 6) is 0. The second kappa shape index (κ2) is 13.0. The summed E-state index contributed by atoms with van der Waals surface area (Å²) in [6.07, 6.45) is 10.3. The number of hydrogen-bond donors (Lipinski definition) is 0. The van der Waals surface area contributed by atoms with Gasteiger partial charge in [-0.15, -0.1) is 0 Å². The van der Waals surface area contributed by atoms with Crippen molar-refractivity contribution in [2.24, 2.45) is 0 Å². The van der Waals surface area contributed by atoms with Gasteiger partial charge in [-0.2, -0.15) is 0 Å². The first-order valence-electron chi connectivity index (χ1n) is 11.5. The Morgan fingerprint density at radius 3 is 2.35 bits per heavy atom. The third kappa shape index (κ3) is 7.55. The molecule has 31 heavy (non-hydrogen) atoms. The predicted octanol–water partition coefficient (Wildman–Crippen LogP) is 6.51. The number of unbranched alkanes of at least 4 members (excludes halogenated alkanes) is 1. The second-order valence-corrected chi connectivity index (χ2v) is 8.14. The van der Waals surface area contributed by atoms with Crippen LogP contribution in [0.1, 0.15) is 56.6 Å². The minimum Gasteiger partial charge on any atom is -0.445 e. The van der Waals surface area contributed by atoms with Gasteiger partial charge in [0.2, 0.25) is 0 Å². The van der Waals surface area contributed by atoms with Crippen LogP contribution < -0.4 is 0 Å². The molecule has 0 radical (unpaired) electrons. The number of hydrogen-bond acceptors (Lipinski definition) is 3. The first kappa shape index (κ1) is 23.1. The van der Waals surface area contributed by atoms with Gasteiger partial charge in [0.15, 0.2) is 0 Å². The number of amides is 1. The summed E-state index contributed by atoms with van der Waals surface area (Å²) in [6, 6.07) is 20.5. The number of benzene rings is 2. The third-order valence-electron chi connectivity index (χ3n) is 5.75. The standard InChI is InChI=1S/C27H35NO3/c1-2-3-16-25-18-19-26(17-10-11-20-30-21-23-12-6-4-7-13-23)28(25)27(29)31-22-24-14-8-5-9-15-24/h4-10,12-15,17,25-26H,2-3,11,16,18-22H2,1H3/b17-10+/t25-,26-/m0/s1. The van der Waals surface area contributed by atoms with E-state index in [-0.39, 0.29) is 18.2 Å². The summed E-state index contributed by atoms with van der Waals surface area (Å²) < 4.78 is 11.4. The highest BCUT2D eigenvalue weighted by atomic mass is 16.6. The lowest BCUT2D eigenvalue weighted by Gasteiger charge is -2.28. The molecule has 1 amide bonds. The highest BCUT2D eigenvalue weighted by Crippen LogP contribution is 2.29. The molecule has 1 fully saturated rings. The van der Waals surface area contributed by atoms with Crippen molar-refractivity contribution in [3.8, 4) is 0 Å². The highest BCUT2D eigenvalue weighted by Gasteiger charge is 2.36. The number of carbonyl (C=O) groups excluding carboxylic acids is 1. The van der Waals surface area contributed by atoms with Crippen LogP contribution in [0.2, 0.25) is 0 Å². The van der Waals surface area contributed by atoms with E-state index in [4.69, 9.17) is 9.47 Å². The minimum absolute atomic E-state index is 0.110. The van der Waals surface area contributed by atoms with Crippen LogP contribution in [0.15, 0.2) is 72.8 Å². The van der Waals surface area contributed by atoms with Gasteiger partial charge in [0.25, 0.3) is 0 Å². The van der Waals surface area contributed by atoms with Crippen LogP contribution in [0.5, 0.6) is 0 Å².